The fraction of sp³-hybridized carbons (Fsp3) is 0. The van der Waals surface area contributed by atoms with Gasteiger partial charge < -0.3 is 10.2 Å². The molecule has 25 heavy (non-hydrogen) atoms. The number of rotatable bonds is 4. The number of nitrogens with zero attached hydrogens (tertiary/aromatic N) is 3. The second kappa shape index (κ2) is 6.32. The summed E-state index contributed by atoms with van der Waals surface area (Å²) >= 11 is 0. The number of primary amides is 1. The Kier molecular flexibility index (Phi) is 4.04. The molecule has 3 rings (SSSR count). The summed E-state index contributed by atoms with van der Waals surface area (Å²) in [4.78, 5) is 21.4. The zero-order valence-corrected chi connectivity index (χ0v) is 12.7. The van der Waals surface area contributed by atoms with Crippen molar-refractivity contribution in [1.82, 2.24) is 0 Å². The summed E-state index contributed by atoms with van der Waals surface area (Å²) in [5.74, 6) is -0.756. The lowest BCUT2D eigenvalue weighted by Crippen LogP contribution is -2.20. The maximum absolute atomic E-state index is 11.3. The highest BCUT2D eigenvalue weighted by Crippen LogP contribution is 2.24. The minimum absolute atomic E-state index is 0.0306. The fourth-order valence-electron chi connectivity index (χ4n) is 2.13. The highest BCUT2D eigenvalue weighted by atomic mass is 16.6. The Morgan fingerprint density at radius 1 is 1.08 bits per heavy atom. The van der Waals surface area contributed by atoms with Crippen LogP contribution in [-0.2, 0) is 0 Å². The Balaban J connectivity index is 1.93. The van der Waals surface area contributed by atoms with E-state index < -0.39 is 10.8 Å². The van der Waals surface area contributed by atoms with Crippen LogP contribution in [0.2, 0.25) is 0 Å². The van der Waals surface area contributed by atoms with E-state index in [1.807, 2.05) is 0 Å². The van der Waals surface area contributed by atoms with E-state index in [2.05, 4.69) is 10.2 Å². The molecule has 1 amide bonds. The first kappa shape index (κ1) is 16.0. The molecule has 0 radical (unpaired) electrons. The second-order valence-electron chi connectivity index (χ2n) is 5.05. The second-order valence-corrected chi connectivity index (χ2v) is 5.05. The van der Waals surface area contributed by atoms with Crippen molar-refractivity contribution in [3.63, 3.8) is 0 Å². The highest BCUT2D eigenvalue weighted by Gasteiger charge is 2.08. The Morgan fingerprint density at radius 2 is 1.72 bits per heavy atom. The Hall–Kier alpha value is -3.88. The number of nitrogens with two attached hydrogens (primary N) is 1. The van der Waals surface area contributed by atoms with Crippen molar-refractivity contribution in [3.05, 3.63) is 69.8 Å². The quantitative estimate of drug-likeness (QED) is 0.426. The van der Waals surface area contributed by atoms with E-state index in [1.54, 1.807) is 18.2 Å². The van der Waals surface area contributed by atoms with Crippen molar-refractivity contribution >= 4 is 33.9 Å². The molecule has 0 spiro atoms. The van der Waals surface area contributed by atoms with Crippen LogP contribution in [0.5, 0.6) is 0 Å². The van der Waals surface area contributed by atoms with E-state index in [-0.39, 0.29) is 16.8 Å². The number of hydrogen-bond acceptors (Lipinski definition) is 7. The van der Waals surface area contributed by atoms with Crippen molar-refractivity contribution < 1.29 is 14.1 Å². The Labute approximate surface area is 140 Å². The summed E-state index contributed by atoms with van der Waals surface area (Å²) < 4.78 is 5.24. The minimum atomic E-state index is -0.756. The van der Waals surface area contributed by atoms with Gasteiger partial charge in [-0.3, -0.25) is 20.3 Å². The summed E-state index contributed by atoms with van der Waals surface area (Å²) in [6, 6.07) is 11.9. The molecule has 3 N–H and O–H groups in total. The van der Waals surface area contributed by atoms with Gasteiger partial charge in [0, 0.05) is 17.5 Å². The van der Waals surface area contributed by atoms with Gasteiger partial charge in [-0.2, -0.15) is 10.2 Å². The highest BCUT2D eigenvalue weighted by molar-refractivity contribution is 5.95. The predicted octanol–water partition coefficient (Wildman–Crippen LogP) is 3.33. The molecule has 9 nitrogen and oxygen atoms in total. The molecule has 0 unspecified atom stereocenters. The zero-order valence-electron chi connectivity index (χ0n) is 12.7. The van der Waals surface area contributed by atoms with Crippen molar-refractivity contribution in [2.75, 3.05) is 0 Å². The number of nitro benzene ring substituents is 1. The third kappa shape index (κ3) is 3.39. The number of nitrogens with one attached hydrogen (secondary N) is 1. The normalized spacial score (nSPS) is 11.0. The van der Waals surface area contributed by atoms with Gasteiger partial charge in [-0.15, -0.1) is 0 Å². The number of carbonyl (C=O) groups excluding carboxylic acids is 1. The summed E-state index contributed by atoms with van der Waals surface area (Å²) in [7, 11) is 0. The van der Waals surface area contributed by atoms with Crippen LogP contribution in [0.25, 0.3) is 11.0 Å². The summed E-state index contributed by atoms with van der Waals surface area (Å²) in [5, 5.41) is 26.8. The van der Waals surface area contributed by atoms with Crippen molar-refractivity contribution in [2.24, 2.45) is 16.0 Å². The Bertz CT molecular complexity index is 1070. The van der Waals surface area contributed by atoms with E-state index >= 15 is 0 Å². The molecule has 3 aromatic rings. The maximum Gasteiger partial charge on any atom is 0.269 e. The lowest BCUT2D eigenvalue weighted by atomic mass is 10.1. The molecule has 0 aliphatic carbocycles. The van der Waals surface area contributed by atoms with Gasteiger partial charge in [-0.25, -0.2) is 0 Å². The molecule has 9 heteroatoms. The van der Waals surface area contributed by atoms with E-state index in [9.17, 15) is 14.9 Å². The van der Waals surface area contributed by atoms with Gasteiger partial charge in [0.2, 0.25) is 5.55 Å². The first-order valence-corrected chi connectivity index (χ1v) is 7.02. The molecule has 1 heterocycles. The molecule has 0 atom stereocenters. The predicted molar refractivity (Wildman–Crippen MR) is 87.9 cm³/mol. The van der Waals surface area contributed by atoms with Gasteiger partial charge in [0.1, 0.15) is 11.1 Å². The fourth-order valence-corrected chi connectivity index (χ4v) is 2.13. The average Bonchev–Trinajstić information content (AvgIpc) is 2.59. The Morgan fingerprint density at radius 3 is 2.36 bits per heavy atom. The molecule has 0 saturated heterocycles. The minimum Gasteiger partial charge on any atom is -0.438 e. The van der Waals surface area contributed by atoms with Crippen LogP contribution in [0.4, 0.5) is 17.1 Å². The van der Waals surface area contributed by atoms with Crippen LogP contribution in [0.3, 0.4) is 0 Å². The SMILES string of the molecule is N=c1oc2ccc(N=Nc3ccc([N+](=O)[O-])cc3)cc2cc1C(N)=O. The molecule has 0 saturated carbocycles. The zero-order chi connectivity index (χ0) is 18.0. The van der Waals surface area contributed by atoms with E-state index in [0.29, 0.717) is 22.3 Å². The molecule has 1 aromatic heterocycles. The smallest absolute Gasteiger partial charge is 0.269 e. The van der Waals surface area contributed by atoms with Gasteiger partial charge in [-0.1, -0.05) is 0 Å². The summed E-state index contributed by atoms with van der Waals surface area (Å²) in [6.07, 6.45) is 0. The average molecular weight is 337 g/mol. The number of amides is 1. The largest absolute Gasteiger partial charge is 0.438 e. The monoisotopic (exact) mass is 337 g/mol. The van der Waals surface area contributed by atoms with Gasteiger partial charge in [-0.05, 0) is 36.4 Å². The van der Waals surface area contributed by atoms with Gasteiger partial charge >= 0.3 is 0 Å². The van der Waals surface area contributed by atoms with E-state index in [0.717, 1.165) is 0 Å². The first-order valence-electron chi connectivity index (χ1n) is 7.02. The summed E-state index contributed by atoms with van der Waals surface area (Å²) in [5.41, 5.74) is 6.18. The van der Waals surface area contributed by atoms with Crippen molar-refractivity contribution in [2.45, 2.75) is 0 Å². The molecule has 0 fully saturated rings. The van der Waals surface area contributed by atoms with Crippen LogP contribution in [-0.4, -0.2) is 10.8 Å². The molecular formula is C16H11N5O4. The number of azo groups is 1. The molecule has 2 aromatic carbocycles. The number of benzene rings is 2. The number of non-ortho nitro benzene ring substituents is 1. The maximum atomic E-state index is 11.3. The number of hydrogen-bond donors (Lipinski definition) is 2. The van der Waals surface area contributed by atoms with Crippen molar-refractivity contribution in [1.29, 1.82) is 5.41 Å². The molecular weight excluding hydrogens is 326 g/mol. The lowest BCUT2D eigenvalue weighted by molar-refractivity contribution is -0.384. The third-order valence-corrected chi connectivity index (χ3v) is 3.36. The molecule has 124 valence electrons. The standard InChI is InChI=1S/C16H11N5O4/c17-15(22)13-8-9-7-11(3-6-14(9)25-16(13)18)20-19-10-1-4-12(5-2-10)21(23)24/h1-8,18H,(H2,17,22). The van der Waals surface area contributed by atoms with Gasteiger partial charge in [0.15, 0.2) is 0 Å². The van der Waals surface area contributed by atoms with Crippen molar-refractivity contribution in [3.8, 4) is 0 Å². The van der Waals surface area contributed by atoms with Crippen LogP contribution in [0.1, 0.15) is 10.4 Å². The van der Waals surface area contributed by atoms with Crippen LogP contribution < -0.4 is 11.3 Å². The van der Waals surface area contributed by atoms with E-state index in [1.165, 1.54) is 30.3 Å². The van der Waals surface area contributed by atoms with Gasteiger partial charge in [0.05, 0.1) is 16.3 Å². The number of fused-ring (bicyclic) bond motifs is 1. The molecule has 0 aliphatic rings. The van der Waals surface area contributed by atoms with Crippen LogP contribution in [0, 0.1) is 15.5 Å². The topological polar surface area (TPSA) is 148 Å². The molecule has 0 bridgehead atoms. The van der Waals surface area contributed by atoms with Crippen LogP contribution in [0.15, 0.2) is 63.2 Å². The van der Waals surface area contributed by atoms with Gasteiger partial charge in [0.25, 0.3) is 11.6 Å². The number of nitro groups is 1. The molecule has 0 aliphatic heterocycles. The summed E-state index contributed by atoms with van der Waals surface area (Å²) in [6.45, 7) is 0. The number of carbonyl (C=O) groups is 1. The van der Waals surface area contributed by atoms with E-state index in [4.69, 9.17) is 15.6 Å². The van der Waals surface area contributed by atoms with Crippen LogP contribution >= 0.6 is 0 Å². The lowest BCUT2D eigenvalue weighted by Gasteiger charge is -2.01. The third-order valence-electron chi connectivity index (χ3n) is 3.36. The first-order chi connectivity index (χ1) is 11.9.